The number of hydrogen-bond acceptors (Lipinski definition) is 3. The van der Waals surface area contributed by atoms with E-state index in [2.05, 4.69) is 5.32 Å². The number of rotatable bonds is 8. The van der Waals surface area contributed by atoms with Crippen molar-refractivity contribution in [1.29, 1.82) is 0 Å². The van der Waals surface area contributed by atoms with Crippen LogP contribution in [0.4, 0.5) is 40.8 Å². The summed E-state index contributed by atoms with van der Waals surface area (Å²) >= 11 is 18.5. The Morgan fingerprint density at radius 3 is 2.12 bits per heavy atom. The lowest BCUT2D eigenvalue weighted by Crippen LogP contribution is -2.25. The van der Waals surface area contributed by atoms with Crippen LogP contribution in [0.2, 0.25) is 5.02 Å². The van der Waals surface area contributed by atoms with Gasteiger partial charge in [0.25, 0.3) is 0 Å². The molecule has 1 aliphatic carbocycles. The van der Waals surface area contributed by atoms with Crippen molar-refractivity contribution in [3.8, 4) is 0 Å². The quantitative estimate of drug-likeness (QED) is 0.149. The molecule has 0 bridgehead atoms. The fourth-order valence-electron chi connectivity index (χ4n) is 4.49. The predicted octanol–water partition coefficient (Wildman–Crippen LogP) is 8.26. The number of ketones is 2. The van der Waals surface area contributed by atoms with Crippen molar-refractivity contribution in [2.75, 3.05) is 5.32 Å². The van der Waals surface area contributed by atoms with E-state index in [1.54, 1.807) is 0 Å². The molecule has 1 N–H and O–H groups in total. The summed E-state index contributed by atoms with van der Waals surface area (Å²) in [6, 6.07) is 8.76. The van der Waals surface area contributed by atoms with Gasteiger partial charge < -0.3 is 5.32 Å². The number of anilines is 1. The first-order valence-corrected chi connectivity index (χ1v) is 13.2. The van der Waals surface area contributed by atoms with Crippen LogP contribution in [0.1, 0.15) is 38.5 Å². The maximum atomic E-state index is 14.0. The van der Waals surface area contributed by atoms with Crippen molar-refractivity contribution in [3.05, 3.63) is 99.1 Å². The summed E-state index contributed by atoms with van der Waals surface area (Å²) in [4.78, 5) is 37.2. The number of alkyl halides is 8. The Morgan fingerprint density at radius 1 is 0.837 bits per heavy atom. The molecule has 0 radical (unpaired) electrons. The Balaban J connectivity index is 1.50. The minimum Gasteiger partial charge on any atom is -0.326 e. The largest absolute Gasteiger partial charge is 0.450 e. The zero-order chi connectivity index (χ0) is 32.1. The molecule has 228 valence electrons. The van der Waals surface area contributed by atoms with Crippen LogP contribution in [0.25, 0.3) is 0 Å². The van der Waals surface area contributed by atoms with Gasteiger partial charge in [-0.2, -0.15) is 26.3 Å². The van der Waals surface area contributed by atoms with Crippen molar-refractivity contribution < 1.29 is 49.5 Å². The summed E-state index contributed by atoms with van der Waals surface area (Å²) in [5.41, 5.74) is -2.29. The van der Waals surface area contributed by atoms with E-state index in [-0.39, 0.29) is 27.4 Å². The van der Waals surface area contributed by atoms with Gasteiger partial charge >= 0.3 is 12.4 Å². The van der Waals surface area contributed by atoms with Crippen LogP contribution < -0.4 is 5.32 Å². The van der Waals surface area contributed by atoms with Crippen LogP contribution in [0.3, 0.4) is 0 Å². The summed E-state index contributed by atoms with van der Waals surface area (Å²) in [5.74, 6) is -8.64. The van der Waals surface area contributed by atoms with Crippen molar-refractivity contribution in [1.82, 2.24) is 0 Å². The molecule has 4 rings (SSSR count). The first-order chi connectivity index (χ1) is 19.8. The third-order valence-electron chi connectivity index (χ3n) is 6.67. The van der Waals surface area contributed by atoms with Crippen molar-refractivity contribution >= 4 is 58.0 Å². The molecule has 4 nitrogen and oxygen atoms in total. The number of amides is 1. The lowest BCUT2D eigenvalue weighted by atomic mass is 9.98. The van der Waals surface area contributed by atoms with Gasteiger partial charge in [-0.05, 0) is 53.1 Å². The summed E-state index contributed by atoms with van der Waals surface area (Å²) in [5, 5.41) is 2.37. The molecule has 3 aromatic rings. The molecule has 1 fully saturated rings. The molecule has 0 aromatic heterocycles. The van der Waals surface area contributed by atoms with Crippen LogP contribution in [0.15, 0.2) is 54.6 Å². The van der Waals surface area contributed by atoms with E-state index in [0.29, 0.717) is 12.1 Å². The van der Waals surface area contributed by atoms with Gasteiger partial charge in [0.2, 0.25) is 11.7 Å². The number of nitrogens with one attached hydrogen (secondary N) is 1. The number of Topliss-reactive ketones (excluding diaryl/α,β-unsaturated/α-hetero) is 2. The number of hydrogen-bond donors (Lipinski definition) is 1. The van der Waals surface area contributed by atoms with Gasteiger partial charge in [0, 0.05) is 30.0 Å². The third-order valence-corrected chi connectivity index (χ3v) is 7.94. The monoisotopic (exact) mass is 671 g/mol. The van der Waals surface area contributed by atoms with E-state index in [9.17, 15) is 49.5 Å². The standard InChI is InChI=1S/C28H16Cl3F8NO3/c29-18-4-3-15(11-16(18)21(41)8-12-1-5-19(32)14(7-12)10-22(42)28(37,38)39)40-25(43)24-23(26(24,30)31)13-2-6-20(33)17(9-13)27(34,35)36/h1-7,9,11,23-24H,8,10H2,(H,40,43)/t23-,24+/m0/s1. The molecule has 1 amide bonds. The second kappa shape index (κ2) is 11.7. The number of carbonyl (C=O) groups is 3. The minimum atomic E-state index is -5.17. The Hall–Kier alpha value is -3.22. The number of benzene rings is 3. The molecule has 3 aromatic carbocycles. The van der Waals surface area contributed by atoms with Crippen LogP contribution >= 0.6 is 34.8 Å². The lowest BCUT2D eigenvalue weighted by molar-refractivity contribution is -0.170. The maximum absolute atomic E-state index is 14.0. The molecule has 1 saturated carbocycles. The average molecular weight is 673 g/mol. The topological polar surface area (TPSA) is 63.2 Å². The minimum absolute atomic E-state index is 0.0122. The van der Waals surface area contributed by atoms with E-state index in [4.69, 9.17) is 34.8 Å². The van der Waals surface area contributed by atoms with E-state index >= 15 is 0 Å². The van der Waals surface area contributed by atoms with Gasteiger partial charge in [-0.1, -0.05) is 29.8 Å². The average Bonchev–Trinajstić information content (AvgIpc) is 3.47. The first-order valence-electron chi connectivity index (χ1n) is 12.1. The molecule has 15 heteroatoms. The molecule has 0 saturated heterocycles. The third kappa shape index (κ3) is 7.13. The van der Waals surface area contributed by atoms with Crippen LogP contribution in [0, 0.1) is 17.6 Å². The molecule has 0 aliphatic heterocycles. The fourth-order valence-corrected chi connectivity index (χ4v) is 5.54. The molecule has 0 spiro atoms. The smallest absolute Gasteiger partial charge is 0.326 e. The Bertz CT molecular complexity index is 1620. The van der Waals surface area contributed by atoms with Crippen LogP contribution in [-0.2, 0) is 28.6 Å². The number of halogens is 11. The van der Waals surface area contributed by atoms with E-state index in [1.807, 2.05) is 0 Å². The van der Waals surface area contributed by atoms with Gasteiger partial charge in [0.1, 0.15) is 16.0 Å². The highest BCUT2D eigenvalue weighted by Gasteiger charge is 2.67. The molecule has 2 atom stereocenters. The van der Waals surface area contributed by atoms with Crippen molar-refractivity contribution in [2.24, 2.45) is 5.92 Å². The van der Waals surface area contributed by atoms with Crippen LogP contribution in [-0.4, -0.2) is 28.0 Å². The maximum Gasteiger partial charge on any atom is 0.450 e. The zero-order valence-electron chi connectivity index (χ0n) is 21.1. The van der Waals surface area contributed by atoms with Gasteiger partial charge in [-0.25, -0.2) is 8.78 Å². The van der Waals surface area contributed by atoms with Crippen molar-refractivity contribution in [2.45, 2.75) is 35.4 Å². The van der Waals surface area contributed by atoms with Gasteiger partial charge in [0.15, 0.2) is 5.78 Å². The van der Waals surface area contributed by atoms with Crippen LogP contribution in [0.5, 0.6) is 0 Å². The zero-order valence-corrected chi connectivity index (χ0v) is 23.4. The van der Waals surface area contributed by atoms with Gasteiger partial charge in [-0.3, -0.25) is 14.4 Å². The molecule has 0 heterocycles. The SMILES string of the molecule is O=C(Cc1ccc(F)c(CC(=O)C(F)(F)F)c1)c1cc(NC(=O)[C@H]2[C@H](c3ccc(F)c(C(F)(F)F)c3)C2(Cl)Cl)ccc1Cl. The molecule has 0 unspecified atom stereocenters. The second-order valence-electron chi connectivity index (χ2n) is 9.67. The van der Waals surface area contributed by atoms with E-state index in [1.165, 1.54) is 18.2 Å². The molecule has 43 heavy (non-hydrogen) atoms. The molecule has 1 aliphatic rings. The van der Waals surface area contributed by atoms with Gasteiger partial charge in [0.05, 0.1) is 16.5 Å². The molecular formula is C28H16Cl3F8NO3. The predicted molar refractivity (Wildman–Crippen MR) is 141 cm³/mol. The summed E-state index contributed by atoms with van der Waals surface area (Å²) in [6.07, 6.45) is -11.9. The number of carbonyl (C=O) groups excluding carboxylic acids is 3. The normalized spacial score (nSPS) is 17.8. The molecular weight excluding hydrogens is 657 g/mol. The summed E-state index contributed by atoms with van der Waals surface area (Å²) in [6.45, 7) is 0. The first kappa shape index (κ1) is 32.7. The fraction of sp³-hybridized carbons (Fsp3) is 0.250. The Morgan fingerprint density at radius 2 is 1.49 bits per heavy atom. The summed E-state index contributed by atoms with van der Waals surface area (Å²) < 4.78 is 103. The van der Waals surface area contributed by atoms with Gasteiger partial charge in [-0.15, -0.1) is 23.2 Å². The Kier molecular flexibility index (Phi) is 8.89. The Labute approximate surface area is 252 Å². The van der Waals surface area contributed by atoms with E-state index < -0.39 is 81.6 Å². The van der Waals surface area contributed by atoms with E-state index in [0.717, 1.165) is 24.3 Å². The highest BCUT2D eigenvalue weighted by Crippen LogP contribution is 2.65. The lowest BCUT2D eigenvalue weighted by Gasteiger charge is -2.11. The highest BCUT2D eigenvalue weighted by atomic mass is 35.5. The highest BCUT2D eigenvalue weighted by molar-refractivity contribution is 6.53. The second-order valence-corrected chi connectivity index (χ2v) is 11.5. The summed E-state index contributed by atoms with van der Waals surface area (Å²) in [7, 11) is 0. The van der Waals surface area contributed by atoms with Crippen molar-refractivity contribution in [3.63, 3.8) is 0 Å².